The van der Waals surface area contributed by atoms with Gasteiger partial charge in [-0.3, -0.25) is 9.59 Å². The van der Waals surface area contributed by atoms with Crippen molar-refractivity contribution < 1.29 is 14.7 Å². The lowest BCUT2D eigenvalue weighted by Crippen LogP contribution is -2.55. The van der Waals surface area contributed by atoms with E-state index in [4.69, 9.17) is 0 Å². The summed E-state index contributed by atoms with van der Waals surface area (Å²) < 4.78 is 1.93. The van der Waals surface area contributed by atoms with Crippen molar-refractivity contribution in [1.29, 1.82) is 0 Å². The molecule has 1 aromatic heterocycles. The first-order valence-corrected chi connectivity index (χ1v) is 8.91. The Morgan fingerprint density at radius 1 is 1.27 bits per heavy atom. The summed E-state index contributed by atoms with van der Waals surface area (Å²) in [5.41, 5.74) is 0.613. The lowest BCUT2D eigenvalue weighted by atomic mass is 10.0. The summed E-state index contributed by atoms with van der Waals surface area (Å²) in [6.07, 6.45) is 6.20. The third kappa shape index (κ3) is 4.70. The molecule has 3 rings (SSSR count). The van der Waals surface area contributed by atoms with Crippen LogP contribution in [0, 0.1) is 0 Å². The number of aliphatic hydroxyl groups excluding tert-OH is 1. The maximum Gasteiger partial charge on any atom is 0.253 e. The molecule has 1 fully saturated rings. The number of rotatable bonds is 6. The Morgan fingerprint density at radius 2 is 2.08 bits per heavy atom. The van der Waals surface area contributed by atoms with Crippen molar-refractivity contribution in [3.05, 3.63) is 54.6 Å². The van der Waals surface area contributed by atoms with Gasteiger partial charge in [-0.25, -0.2) is 4.98 Å². The Hall–Kier alpha value is -2.67. The van der Waals surface area contributed by atoms with Crippen LogP contribution in [0.4, 0.5) is 0 Å². The number of aliphatic hydroxyl groups is 1. The topological polar surface area (TPSA) is 87.5 Å². The number of benzene rings is 1. The lowest BCUT2D eigenvalue weighted by Gasteiger charge is -2.36. The summed E-state index contributed by atoms with van der Waals surface area (Å²) >= 11 is 0. The van der Waals surface area contributed by atoms with Crippen molar-refractivity contribution in [3.63, 3.8) is 0 Å². The van der Waals surface area contributed by atoms with Crippen molar-refractivity contribution in [2.75, 3.05) is 13.1 Å². The molecule has 0 aliphatic carbocycles. The van der Waals surface area contributed by atoms with E-state index in [2.05, 4.69) is 10.3 Å². The number of carbonyl (C=O) groups excluding carboxylic acids is 2. The molecule has 7 nitrogen and oxygen atoms in total. The Kier molecular flexibility index (Phi) is 6.01. The highest BCUT2D eigenvalue weighted by molar-refractivity contribution is 5.94. The molecular weight excluding hydrogens is 332 g/mol. The minimum absolute atomic E-state index is 0.0722. The number of likely N-dealkylation sites (tertiary alicyclic amines) is 1. The zero-order valence-corrected chi connectivity index (χ0v) is 14.6. The molecule has 0 saturated carbocycles. The van der Waals surface area contributed by atoms with E-state index >= 15 is 0 Å². The molecule has 2 heterocycles. The van der Waals surface area contributed by atoms with Crippen molar-refractivity contribution in [2.45, 2.75) is 38.0 Å². The Morgan fingerprint density at radius 3 is 2.77 bits per heavy atom. The number of nitrogens with zero attached hydrogens (tertiary/aromatic N) is 3. The molecule has 2 atom stereocenters. The van der Waals surface area contributed by atoms with E-state index in [-0.39, 0.29) is 24.4 Å². The normalized spacial score (nSPS) is 20.0. The molecule has 138 valence electrons. The summed E-state index contributed by atoms with van der Waals surface area (Å²) in [5.74, 6) is -0.160. The van der Waals surface area contributed by atoms with E-state index in [1.807, 2.05) is 29.0 Å². The second-order valence-corrected chi connectivity index (χ2v) is 6.55. The average molecular weight is 356 g/mol. The van der Waals surface area contributed by atoms with Gasteiger partial charge >= 0.3 is 0 Å². The van der Waals surface area contributed by atoms with E-state index in [9.17, 15) is 14.7 Å². The number of amides is 2. The minimum atomic E-state index is -0.756. The molecule has 0 bridgehead atoms. The van der Waals surface area contributed by atoms with Gasteiger partial charge in [-0.2, -0.15) is 0 Å². The largest absolute Gasteiger partial charge is 0.389 e. The standard InChI is InChI=1S/C19H24N4O3/c24-17-13-23(19(26)15-5-2-1-3-6-15)11-8-16(17)21-18(25)7-4-10-22-12-9-20-14-22/h1-3,5-6,9,12,14,16-17,24H,4,7-8,10-11,13H2,(H,21,25)/t16-,17-/m1/s1. The summed E-state index contributed by atoms with van der Waals surface area (Å²) in [6.45, 7) is 1.48. The second-order valence-electron chi connectivity index (χ2n) is 6.55. The van der Waals surface area contributed by atoms with Gasteiger partial charge in [-0.1, -0.05) is 18.2 Å². The summed E-state index contributed by atoms with van der Waals surface area (Å²) in [7, 11) is 0. The summed E-state index contributed by atoms with van der Waals surface area (Å²) in [5, 5.41) is 13.2. The van der Waals surface area contributed by atoms with Gasteiger partial charge in [0.05, 0.1) is 18.5 Å². The van der Waals surface area contributed by atoms with Crippen LogP contribution in [-0.2, 0) is 11.3 Å². The number of hydrogen-bond acceptors (Lipinski definition) is 4. The maximum absolute atomic E-state index is 12.4. The molecule has 1 saturated heterocycles. The number of nitrogens with one attached hydrogen (secondary N) is 1. The zero-order valence-electron chi connectivity index (χ0n) is 14.6. The van der Waals surface area contributed by atoms with Crippen LogP contribution in [0.1, 0.15) is 29.6 Å². The SMILES string of the molecule is O=C(CCCn1ccnc1)N[C@@H]1CCN(C(=O)c2ccccc2)C[C@H]1O. The van der Waals surface area contributed by atoms with Crippen molar-refractivity contribution in [3.8, 4) is 0 Å². The first-order chi connectivity index (χ1) is 12.6. The number of aryl methyl sites for hydroxylation is 1. The van der Waals surface area contributed by atoms with Crippen LogP contribution in [0.2, 0.25) is 0 Å². The average Bonchev–Trinajstić information content (AvgIpc) is 3.17. The van der Waals surface area contributed by atoms with Crippen LogP contribution in [0.5, 0.6) is 0 Å². The summed E-state index contributed by atoms with van der Waals surface area (Å²) in [6, 6.07) is 8.72. The molecule has 7 heteroatoms. The van der Waals surface area contributed by atoms with E-state index in [0.717, 1.165) is 6.54 Å². The van der Waals surface area contributed by atoms with Gasteiger partial charge in [0.25, 0.3) is 5.91 Å². The Balaban J connectivity index is 1.43. The fourth-order valence-corrected chi connectivity index (χ4v) is 3.17. The van der Waals surface area contributed by atoms with Crippen molar-refractivity contribution in [2.24, 2.45) is 0 Å². The lowest BCUT2D eigenvalue weighted by molar-refractivity contribution is -0.123. The molecule has 2 amide bonds. The van der Waals surface area contributed by atoms with Gasteiger partial charge in [0.15, 0.2) is 0 Å². The highest BCUT2D eigenvalue weighted by Crippen LogP contribution is 2.15. The van der Waals surface area contributed by atoms with E-state index in [1.54, 1.807) is 29.6 Å². The molecule has 2 aromatic rings. The highest BCUT2D eigenvalue weighted by Gasteiger charge is 2.31. The first kappa shape index (κ1) is 18.1. The number of carbonyl (C=O) groups is 2. The van der Waals surface area contributed by atoms with Gasteiger partial charge in [0.2, 0.25) is 5.91 Å². The molecule has 0 radical (unpaired) electrons. The van der Waals surface area contributed by atoms with Gasteiger partial charge < -0.3 is 19.9 Å². The maximum atomic E-state index is 12.4. The van der Waals surface area contributed by atoms with Crippen LogP contribution < -0.4 is 5.32 Å². The molecular formula is C19H24N4O3. The predicted octanol–water partition coefficient (Wildman–Crippen LogP) is 1.06. The van der Waals surface area contributed by atoms with Crippen LogP contribution >= 0.6 is 0 Å². The van der Waals surface area contributed by atoms with E-state index in [0.29, 0.717) is 31.4 Å². The van der Waals surface area contributed by atoms with E-state index < -0.39 is 6.10 Å². The van der Waals surface area contributed by atoms with Crippen molar-refractivity contribution in [1.82, 2.24) is 19.8 Å². The predicted molar refractivity (Wildman–Crippen MR) is 96.4 cm³/mol. The van der Waals surface area contributed by atoms with Crippen molar-refractivity contribution >= 4 is 11.8 Å². The Bertz CT molecular complexity index is 718. The quantitative estimate of drug-likeness (QED) is 0.810. The zero-order chi connectivity index (χ0) is 18.4. The van der Waals surface area contributed by atoms with Gasteiger partial charge in [-0.15, -0.1) is 0 Å². The smallest absolute Gasteiger partial charge is 0.253 e. The second kappa shape index (κ2) is 8.62. The molecule has 1 aliphatic heterocycles. The third-order valence-electron chi connectivity index (χ3n) is 4.62. The van der Waals surface area contributed by atoms with Crippen LogP contribution in [0.25, 0.3) is 0 Å². The third-order valence-corrected chi connectivity index (χ3v) is 4.62. The van der Waals surface area contributed by atoms with Crippen LogP contribution in [0.3, 0.4) is 0 Å². The molecule has 2 N–H and O–H groups in total. The number of hydrogen-bond donors (Lipinski definition) is 2. The molecule has 1 aliphatic rings. The molecule has 26 heavy (non-hydrogen) atoms. The molecule has 0 spiro atoms. The number of aromatic nitrogens is 2. The van der Waals surface area contributed by atoms with Crippen LogP contribution in [-0.4, -0.2) is 56.6 Å². The monoisotopic (exact) mass is 356 g/mol. The number of piperidine rings is 1. The minimum Gasteiger partial charge on any atom is -0.389 e. The number of imidazole rings is 1. The number of β-amino-alcohol motifs (C(OH)–C–C–N with tert-alkyl or cyclic N) is 1. The fourth-order valence-electron chi connectivity index (χ4n) is 3.17. The van der Waals surface area contributed by atoms with Crippen LogP contribution in [0.15, 0.2) is 49.1 Å². The van der Waals surface area contributed by atoms with Gasteiger partial charge in [-0.05, 0) is 25.0 Å². The highest BCUT2D eigenvalue weighted by atomic mass is 16.3. The Labute approximate surface area is 152 Å². The molecule has 1 aromatic carbocycles. The van der Waals surface area contributed by atoms with Gasteiger partial charge in [0, 0.05) is 44.0 Å². The molecule has 0 unspecified atom stereocenters. The van der Waals surface area contributed by atoms with E-state index in [1.165, 1.54) is 0 Å². The first-order valence-electron chi connectivity index (χ1n) is 8.91. The fraction of sp³-hybridized carbons (Fsp3) is 0.421. The summed E-state index contributed by atoms with van der Waals surface area (Å²) in [4.78, 5) is 30.1. The van der Waals surface area contributed by atoms with Gasteiger partial charge in [0.1, 0.15) is 0 Å².